The Morgan fingerprint density at radius 1 is 1.56 bits per heavy atom. The molecule has 1 aromatic carbocycles. The summed E-state index contributed by atoms with van der Waals surface area (Å²) in [6.45, 7) is 5.31. The van der Waals surface area contributed by atoms with Crippen molar-refractivity contribution in [3.8, 4) is 6.07 Å². The highest BCUT2D eigenvalue weighted by Gasteiger charge is 2.05. The van der Waals surface area contributed by atoms with Crippen LogP contribution in [0, 0.1) is 11.3 Å². The topological polar surface area (TPSA) is 52.9 Å². The highest BCUT2D eigenvalue weighted by molar-refractivity contribution is 5.95. The molecule has 0 aromatic heterocycles. The number of nitrogens with one attached hydrogen (secondary N) is 1. The minimum atomic E-state index is -0.229. The molecule has 0 fully saturated rings. The lowest BCUT2D eigenvalue weighted by atomic mass is 10.1. The molecule has 0 bridgehead atoms. The molecule has 0 saturated carbocycles. The van der Waals surface area contributed by atoms with Crippen LogP contribution in [-0.4, -0.2) is 5.91 Å². The second kappa shape index (κ2) is 5.52. The molecule has 0 saturated heterocycles. The fourth-order valence-corrected chi connectivity index (χ4v) is 1.20. The average molecular weight is 212 g/mol. The van der Waals surface area contributed by atoms with Gasteiger partial charge in [-0.05, 0) is 31.2 Å². The zero-order chi connectivity index (χ0) is 12.0. The Hall–Kier alpha value is -2.34. The van der Waals surface area contributed by atoms with E-state index >= 15 is 0 Å². The maximum absolute atomic E-state index is 11.7. The third kappa shape index (κ3) is 3.10. The number of rotatable bonds is 3. The standard InChI is InChI=1S/C13H12N2O/c1-3-5-10(2)15-13(16)12-7-4-6-11(8-12)9-14/h3-8H,1H2,2H3,(H,15,16)/b10-5+. The summed E-state index contributed by atoms with van der Waals surface area (Å²) in [7, 11) is 0. The summed E-state index contributed by atoms with van der Waals surface area (Å²) in [6, 6.07) is 8.54. The SMILES string of the molecule is C=C/C=C(\C)NC(=O)c1cccc(C#N)c1. The van der Waals surface area contributed by atoms with E-state index in [1.54, 1.807) is 43.3 Å². The molecular weight excluding hydrogens is 200 g/mol. The number of nitriles is 1. The number of hydrogen-bond acceptors (Lipinski definition) is 2. The van der Waals surface area contributed by atoms with Crippen LogP contribution in [0.15, 0.2) is 48.7 Å². The summed E-state index contributed by atoms with van der Waals surface area (Å²) in [6.07, 6.45) is 3.30. The molecule has 0 aliphatic carbocycles. The Bertz CT molecular complexity index is 481. The summed E-state index contributed by atoms with van der Waals surface area (Å²) >= 11 is 0. The molecule has 1 N–H and O–H groups in total. The van der Waals surface area contributed by atoms with Crippen LogP contribution in [0.3, 0.4) is 0 Å². The van der Waals surface area contributed by atoms with Crippen LogP contribution in [0.4, 0.5) is 0 Å². The van der Waals surface area contributed by atoms with E-state index in [1.165, 1.54) is 0 Å². The molecule has 0 aliphatic rings. The van der Waals surface area contributed by atoms with Gasteiger partial charge in [0.1, 0.15) is 0 Å². The number of hydrogen-bond donors (Lipinski definition) is 1. The van der Waals surface area contributed by atoms with E-state index in [0.717, 1.165) is 0 Å². The van der Waals surface area contributed by atoms with Crippen molar-refractivity contribution >= 4 is 5.91 Å². The molecule has 3 heteroatoms. The Kier molecular flexibility index (Phi) is 4.05. The van der Waals surface area contributed by atoms with Gasteiger partial charge in [0, 0.05) is 11.3 Å². The molecule has 0 unspecified atom stereocenters. The fourth-order valence-electron chi connectivity index (χ4n) is 1.20. The zero-order valence-electron chi connectivity index (χ0n) is 9.03. The molecule has 80 valence electrons. The Balaban J connectivity index is 2.85. The minimum absolute atomic E-state index is 0.229. The lowest BCUT2D eigenvalue weighted by Crippen LogP contribution is -2.21. The first-order valence-corrected chi connectivity index (χ1v) is 4.78. The van der Waals surface area contributed by atoms with E-state index in [9.17, 15) is 4.79 Å². The Labute approximate surface area is 94.7 Å². The molecule has 0 spiro atoms. The number of benzene rings is 1. The second-order valence-electron chi connectivity index (χ2n) is 3.23. The zero-order valence-corrected chi connectivity index (χ0v) is 9.03. The van der Waals surface area contributed by atoms with Gasteiger partial charge in [-0.1, -0.05) is 18.7 Å². The summed E-state index contributed by atoms with van der Waals surface area (Å²) < 4.78 is 0. The van der Waals surface area contributed by atoms with Crippen LogP contribution in [0.2, 0.25) is 0 Å². The van der Waals surface area contributed by atoms with Crippen molar-refractivity contribution in [3.63, 3.8) is 0 Å². The van der Waals surface area contributed by atoms with Crippen molar-refractivity contribution in [1.82, 2.24) is 5.32 Å². The monoisotopic (exact) mass is 212 g/mol. The number of carbonyl (C=O) groups is 1. The number of allylic oxidation sites excluding steroid dienone is 3. The van der Waals surface area contributed by atoms with Crippen LogP contribution in [0.5, 0.6) is 0 Å². The van der Waals surface area contributed by atoms with Crippen LogP contribution in [0.25, 0.3) is 0 Å². The molecule has 1 rings (SSSR count). The van der Waals surface area contributed by atoms with Gasteiger partial charge in [0.2, 0.25) is 0 Å². The van der Waals surface area contributed by atoms with Gasteiger partial charge in [-0.2, -0.15) is 5.26 Å². The predicted molar refractivity (Wildman–Crippen MR) is 62.6 cm³/mol. The molecule has 3 nitrogen and oxygen atoms in total. The van der Waals surface area contributed by atoms with E-state index in [2.05, 4.69) is 11.9 Å². The number of nitrogens with zero attached hydrogens (tertiary/aromatic N) is 1. The van der Waals surface area contributed by atoms with E-state index in [-0.39, 0.29) is 5.91 Å². The van der Waals surface area contributed by atoms with Crippen molar-refractivity contribution in [2.24, 2.45) is 0 Å². The Morgan fingerprint density at radius 3 is 2.94 bits per heavy atom. The highest BCUT2D eigenvalue weighted by Crippen LogP contribution is 2.04. The van der Waals surface area contributed by atoms with Crippen LogP contribution < -0.4 is 5.32 Å². The summed E-state index contributed by atoms with van der Waals surface area (Å²) in [4.78, 5) is 11.7. The quantitative estimate of drug-likeness (QED) is 0.782. The molecule has 0 atom stereocenters. The van der Waals surface area contributed by atoms with E-state index in [1.807, 2.05) is 6.07 Å². The fraction of sp³-hybridized carbons (Fsp3) is 0.0769. The van der Waals surface area contributed by atoms with Crippen LogP contribution in [0.1, 0.15) is 22.8 Å². The second-order valence-corrected chi connectivity index (χ2v) is 3.23. The van der Waals surface area contributed by atoms with Gasteiger partial charge in [-0.25, -0.2) is 0 Å². The van der Waals surface area contributed by atoms with Gasteiger partial charge in [-0.3, -0.25) is 4.79 Å². The molecule has 1 amide bonds. The highest BCUT2D eigenvalue weighted by atomic mass is 16.1. The third-order valence-electron chi connectivity index (χ3n) is 1.93. The summed E-state index contributed by atoms with van der Waals surface area (Å²) in [5, 5.41) is 11.4. The normalized spacial score (nSPS) is 10.4. The van der Waals surface area contributed by atoms with Gasteiger partial charge in [0.15, 0.2) is 0 Å². The van der Waals surface area contributed by atoms with Crippen molar-refractivity contribution in [3.05, 3.63) is 59.8 Å². The maximum Gasteiger partial charge on any atom is 0.255 e. The maximum atomic E-state index is 11.7. The largest absolute Gasteiger partial charge is 0.326 e. The average Bonchev–Trinajstić information content (AvgIpc) is 2.29. The van der Waals surface area contributed by atoms with Gasteiger partial charge < -0.3 is 5.32 Å². The molecular formula is C13H12N2O. The van der Waals surface area contributed by atoms with E-state index in [4.69, 9.17) is 5.26 Å². The Morgan fingerprint density at radius 2 is 2.31 bits per heavy atom. The van der Waals surface area contributed by atoms with Gasteiger partial charge in [0.05, 0.1) is 11.6 Å². The van der Waals surface area contributed by atoms with E-state index < -0.39 is 0 Å². The summed E-state index contributed by atoms with van der Waals surface area (Å²) in [5.74, 6) is -0.229. The first-order valence-electron chi connectivity index (χ1n) is 4.78. The first-order chi connectivity index (χ1) is 7.67. The number of amides is 1. The van der Waals surface area contributed by atoms with Crippen molar-refractivity contribution in [1.29, 1.82) is 5.26 Å². The molecule has 16 heavy (non-hydrogen) atoms. The lowest BCUT2D eigenvalue weighted by Gasteiger charge is -2.04. The van der Waals surface area contributed by atoms with Crippen molar-refractivity contribution < 1.29 is 4.79 Å². The molecule has 0 radical (unpaired) electrons. The van der Waals surface area contributed by atoms with Gasteiger partial charge in [0.25, 0.3) is 5.91 Å². The smallest absolute Gasteiger partial charge is 0.255 e. The lowest BCUT2D eigenvalue weighted by molar-refractivity contribution is 0.0966. The summed E-state index contributed by atoms with van der Waals surface area (Å²) in [5.41, 5.74) is 1.65. The molecule has 0 heterocycles. The predicted octanol–water partition coefficient (Wildman–Crippen LogP) is 2.38. The van der Waals surface area contributed by atoms with Gasteiger partial charge >= 0.3 is 0 Å². The third-order valence-corrected chi connectivity index (χ3v) is 1.93. The van der Waals surface area contributed by atoms with Crippen LogP contribution in [-0.2, 0) is 0 Å². The molecule has 0 aliphatic heterocycles. The van der Waals surface area contributed by atoms with Crippen molar-refractivity contribution in [2.45, 2.75) is 6.92 Å². The van der Waals surface area contributed by atoms with Crippen molar-refractivity contribution in [2.75, 3.05) is 0 Å². The minimum Gasteiger partial charge on any atom is -0.326 e. The first kappa shape index (κ1) is 11.7. The van der Waals surface area contributed by atoms with Crippen LogP contribution >= 0.6 is 0 Å². The molecule has 1 aromatic rings. The number of carbonyl (C=O) groups excluding carboxylic acids is 1. The van der Waals surface area contributed by atoms with E-state index in [0.29, 0.717) is 16.8 Å². The van der Waals surface area contributed by atoms with Gasteiger partial charge in [-0.15, -0.1) is 0 Å².